The maximum Gasteiger partial charge on any atom is 0.280 e. The van der Waals surface area contributed by atoms with Crippen LogP contribution >= 0.6 is 0 Å². The van der Waals surface area contributed by atoms with Crippen molar-refractivity contribution >= 4 is 23.0 Å². The summed E-state index contributed by atoms with van der Waals surface area (Å²) in [5.74, 6) is 0.253. The van der Waals surface area contributed by atoms with E-state index in [9.17, 15) is 0 Å². The summed E-state index contributed by atoms with van der Waals surface area (Å²) < 4.78 is 5.55. The minimum atomic E-state index is 0.194. The van der Waals surface area contributed by atoms with E-state index in [0.29, 0.717) is 30.3 Å². The third-order valence-electron chi connectivity index (χ3n) is 3.63. The van der Waals surface area contributed by atoms with Crippen LogP contribution in [0.4, 0.5) is 0 Å². The Labute approximate surface area is 170 Å². The molecule has 29 heavy (non-hydrogen) atoms. The molecule has 0 saturated carbocycles. The predicted octanol–water partition coefficient (Wildman–Crippen LogP) is 3.26. The molecular formula is C20H26N4O5. The predicted molar refractivity (Wildman–Crippen MR) is 111 cm³/mol. The van der Waals surface area contributed by atoms with Crippen LogP contribution in [-0.2, 0) is 30.7 Å². The van der Waals surface area contributed by atoms with Gasteiger partial charge in [0.25, 0.3) is 5.90 Å². The van der Waals surface area contributed by atoms with Crippen LogP contribution in [0.2, 0.25) is 0 Å². The average molecular weight is 402 g/mol. The second-order valence-electron chi connectivity index (χ2n) is 6.19. The first kappa shape index (κ1) is 21.9. The maximum absolute atomic E-state index is 5.56. The highest BCUT2D eigenvalue weighted by Gasteiger charge is 2.21. The van der Waals surface area contributed by atoms with E-state index in [-0.39, 0.29) is 12.5 Å². The SMILES string of the molecule is CON=C(C=C(C)C)C(C)=NOCc1ccccc1C(=NOC)C1=NOCCO1. The number of allylic oxidation sites excluding steroid dienone is 2. The van der Waals surface area contributed by atoms with Crippen LogP contribution in [0, 0.1) is 0 Å². The highest BCUT2D eigenvalue weighted by molar-refractivity contribution is 6.46. The number of nitrogens with zero attached hydrogens (tertiary/aromatic N) is 4. The fraction of sp³-hybridized carbons (Fsp3) is 0.400. The standard InChI is InChI=1S/C20H26N4O5/c1-14(2)12-18(22-25-4)15(3)21-29-13-16-8-6-7-9-17(16)19(23-26-5)20-24-28-11-10-27-20/h6-9,12H,10-11,13H2,1-5H3. The molecule has 9 nitrogen and oxygen atoms in total. The normalized spacial score (nSPS) is 14.9. The largest absolute Gasteiger partial charge is 0.470 e. The minimum Gasteiger partial charge on any atom is -0.470 e. The summed E-state index contributed by atoms with van der Waals surface area (Å²) in [7, 11) is 2.94. The van der Waals surface area contributed by atoms with Crippen LogP contribution in [0.25, 0.3) is 0 Å². The number of rotatable bonds is 9. The first-order valence-electron chi connectivity index (χ1n) is 9.02. The lowest BCUT2D eigenvalue weighted by atomic mass is 10.0. The molecule has 1 heterocycles. The first-order chi connectivity index (χ1) is 14.1. The Morgan fingerprint density at radius 1 is 1.07 bits per heavy atom. The lowest BCUT2D eigenvalue weighted by molar-refractivity contribution is 0.0672. The molecular weight excluding hydrogens is 376 g/mol. The van der Waals surface area contributed by atoms with E-state index in [1.807, 2.05) is 44.2 Å². The van der Waals surface area contributed by atoms with Crippen molar-refractivity contribution in [2.75, 3.05) is 27.4 Å². The molecule has 1 aromatic rings. The van der Waals surface area contributed by atoms with Gasteiger partial charge in [-0.2, -0.15) is 0 Å². The third-order valence-corrected chi connectivity index (χ3v) is 3.63. The summed E-state index contributed by atoms with van der Waals surface area (Å²) >= 11 is 0. The van der Waals surface area contributed by atoms with Crippen LogP contribution < -0.4 is 0 Å². The van der Waals surface area contributed by atoms with Gasteiger partial charge in [0.05, 0.1) is 0 Å². The summed E-state index contributed by atoms with van der Waals surface area (Å²) in [5.41, 5.74) is 4.22. The topological polar surface area (TPSA) is 95.6 Å². The lowest BCUT2D eigenvalue weighted by Gasteiger charge is -2.16. The van der Waals surface area contributed by atoms with Gasteiger partial charge in [-0.15, -0.1) is 0 Å². The molecule has 0 fully saturated rings. The third kappa shape index (κ3) is 6.63. The summed E-state index contributed by atoms with van der Waals surface area (Å²) in [6.07, 6.45) is 1.86. The first-order valence-corrected chi connectivity index (χ1v) is 9.02. The molecule has 0 bridgehead atoms. The van der Waals surface area contributed by atoms with Crippen molar-refractivity contribution < 1.29 is 24.1 Å². The Hall–Kier alpha value is -3.36. The van der Waals surface area contributed by atoms with Gasteiger partial charge in [0.2, 0.25) is 0 Å². The van der Waals surface area contributed by atoms with Gasteiger partial charge in [0, 0.05) is 11.1 Å². The molecule has 1 aliphatic heterocycles. The molecule has 0 saturated heterocycles. The molecule has 2 rings (SSSR count). The number of ether oxygens (including phenoxy) is 1. The Kier molecular flexibility index (Phi) is 8.68. The molecule has 0 amide bonds. The Bertz CT molecular complexity index is 839. The van der Waals surface area contributed by atoms with Crippen molar-refractivity contribution in [3.8, 4) is 0 Å². The Morgan fingerprint density at radius 3 is 2.48 bits per heavy atom. The highest BCUT2D eigenvalue weighted by Crippen LogP contribution is 2.15. The highest BCUT2D eigenvalue weighted by atomic mass is 16.7. The van der Waals surface area contributed by atoms with Crippen molar-refractivity contribution in [1.29, 1.82) is 0 Å². The summed E-state index contributed by atoms with van der Waals surface area (Å²) in [4.78, 5) is 20.5. The van der Waals surface area contributed by atoms with E-state index in [4.69, 9.17) is 24.1 Å². The molecule has 0 radical (unpaired) electrons. The second-order valence-corrected chi connectivity index (χ2v) is 6.19. The van der Waals surface area contributed by atoms with Gasteiger partial charge >= 0.3 is 0 Å². The molecule has 0 aliphatic carbocycles. The number of hydrogen-bond acceptors (Lipinski definition) is 9. The fourth-order valence-corrected chi connectivity index (χ4v) is 2.40. The van der Waals surface area contributed by atoms with Crippen LogP contribution in [0.1, 0.15) is 31.9 Å². The van der Waals surface area contributed by atoms with Gasteiger partial charge in [-0.05, 0) is 32.0 Å². The summed E-state index contributed by atoms with van der Waals surface area (Å²) in [6.45, 7) is 6.69. The van der Waals surface area contributed by atoms with Crippen LogP contribution in [0.15, 0.2) is 56.5 Å². The van der Waals surface area contributed by atoms with Crippen molar-refractivity contribution in [3.05, 3.63) is 47.0 Å². The number of oxime groups is 4. The van der Waals surface area contributed by atoms with Crippen LogP contribution in [0.5, 0.6) is 0 Å². The van der Waals surface area contributed by atoms with E-state index in [0.717, 1.165) is 16.7 Å². The van der Waals surface area contributed by atoms with Crippen LogP contribution in [-0.4, -0.2) is 50.5 Å². The molecule has 0 atom stereocenters. The van der Waals surface area contributed by atoms with Crippen molar-refractivity contribution in [1.82, 2.24) is 0 Å². The quantitative estimate of drug-likeness (QED) is 0.467. The van der Waals surface area contributed by atoms with Gasteiger partial charge in [0.1, 0.15) is 38.9 Å². The van der Waals surface area contributed by atoms with Crippen LogP contribution in [0.3, 0.4) is 0 Å². The second kappa shape index (κ2) is 11.5. The zero-order valence-electron chi connectivity index (χ0n) is 17.3. The van der Waals surface area contributed by atoms with Gasteiger partial charge in [-0.25, -0.2) is 0 Å². The number of hydrogen-bond donors (Lipinski definition) is 0. The maximum atomic E-state index is 5.56. The lowest BCUT2D eigenvalue weighted by Crippen LogP contribution is -2.26. The van der Waals surface area contributed by atoms with E-state index < -0.39 is 0 Å². The smallest absolute Gasteiger partial charge is 0.280 e. The molecule has 156 valence electrons. The molecule has 1 aliphatic rings. The van der Waals surface area contributed by atoms with E-state index in [1.165, 1.54) is 14.2 Å². The zero-order chi connectivity index (χ0) is 21.1. The molecule has 1 aromatic carbocycles. The van der Waals surface area contributed by atoms with E-state index in [1.54, 1.807) is 6.92 Å². The van der Waals surface area contributed by atoms with Crippen molar-refractivity contribution in [2.24, 2.45) is 20.6 Å². The minimum absolute atomic E-state index is 0.194. The van der Waals surface area contributed by atoms with E-state index in [2.05, 4.69) is 20.6 Å². The van der Waals surface area contributed by atoms with Crippen molar-refractivity contribution in [3.63, 3.8) is 0 Å². The molecule has 9 heteroatoms. The monoisotopic (exact) mass is 402 g/mol. The average Bonchev–Trinajstić information content (AvgIpc) is 2.72. The molecule has 0 unspecified atom stereocenters. The van der Waals surface area contributed by atoms with Gasteiger partial charge in [0.15, 0.2) is 12.3 Å². The molecule has 0 aromatic heterocycles. The Balaban J connectivity index is 2.22. The van der Waals surface area contributed by atoms with Gasteiger partial charge in [-0.1, -0.05) is 45.3 Å². The Morgan fingerprint density at radius 2 is 1.83 bits per heavy atom. The van der Waals surface area contributed by atoms with Gasteiger partial charge in [-0.3, -0.25) is 0 Å². The molecule has 0 spiro atoms. The number of benzene rings is 1. The van der Waals surface area contributed by atoms with E-state index >= 15 is 0 Å². The zero-order valence-corrected chi connectivity index (χ0v) is 17.3. The van der Waals surface area contributed by atoms with Gasteiger partial charge < -0.3 is 24.1 Å². The summed E-state index contributed by atoms with van der Waals surface area (Å²) in [5, 5.41) is 16.1. The summed E-state index contributed by atoms with van der Waals surface area (Å²) in [6, 6.07) is 7.54. The van der Waals surface area contributed by atoms with Crippen molar-refractivity contribution in [2.45, 2.75) is 27.4 Å². The fourth-order valence-electron chi connectivity index (χ4n) is 2.40. The molecule has 0 N–H and O–H groups in total.